The molecule has 38 heavy (non-hydrogen) atoms. The lowest BCUT2D eigenvalue weighted by Crippen LogP contribution is -2.74. The Morgan fingerprint density at radius 2 is 1.00 bits per heavy atom. The van der Waals surface area contributed by atoms with Crippen LogP contribution >= 0.6 is 0 Å². The molecule has 0 aliphatic rings. The van der Waals surface area contributed by atoms with Gasteiger partial charge in [0.15, 0.2) is 0 Å². The molecule has 0 bridgehead atoms. The van der Waals surface area contributed by atoms with E-state index < -0.39 is 72.2 Å². The quantitative estimate of drug-likeness (QED) is 0.187. The van der Waals surface area contributed by atoms with Crippen LogP contribution in [0.5, 0.6) is 5.75 Å². The van der Waals surface area contributed by atoms with E-state index in [1.807, 2.05) is 0 Å². The van der Waals surface area contributed by atoms with E-state index in [1.54, 1.807) is 0 Å². The third kappa shape index (κ3) is 4.89. The molecule has 1 aromatic carbocycles. The van der Waals surface area contributed by atoms with Gasteiger partial charge in [-0.25, -0.2) is 0 Å². The summed E-state index contributed by atoms with van der Waals surface area (Å²) in [6.45, 7) is -0.732. The Labute approximate surface area is 199 Å². The maximum absolute atomic E-state index is 14.2. The summed E-state index contributed by atoms with van der Waals surface area (Å²) in [7, 11) is 1.06. The first kappa shape index (κ1) is 33.3. The highest BCUT2D eigenvalue weighted by molar-refractivity contribution is 5.39. The molecule has 0 saturated heterocycles. The Kier molecular flexibility index (Phi) is 8.59. The average molecular weight is 598 g/mol. The van der Waals surface area contributed by atoms with Crippen LogP contribution in [-0.4, -0.2) is 61.2 Å². The van der Waals surface area contributed by atoms with Gasteiger partial charge in [-0.15, -0.1) is 0 Å². The summed E-state index contributed by atoms with van der Waals surface area (Å²) in [6, 6.07) is 3.14. The van der Waals surface area contributed by atoms with Crippen molar-refractivity contribution in [1.82, 2.24) is 0 Å². The minimum absolute atomic E-state index is 0.0549. The van der Waals surface area contributed by atoms with Gasteiger partial charge in [0, 0.05) is 0 Å². The Balaban J connectivity index is 3.59. The minimum atomic E-state index is -8.71. The first-order valence-corrected chi connectivity index (χ1v) is 9.15. The second-order valence-electron chi connectivity index (χ2n) is 7.35. The van der Waals surface area contributed by atoms with E-state index in [4.69, 9.17) is 0 Å². The molecule has 0 aliphatic heterocycles. The number of ether oxygens (including phenoxy) is 2. The molecule has 0 N–H and O–H groups in total. The van der Waals surface area contributed by atoms with Crippen LogP contribution < -0.4 is 4.74 Å². The van der Waals surface area contributed by atoms with Gasteiger partial charge in [-0.2, -0.15) is 74.6 Å². The van der Waals surface area contributed by atoms with Crippen LogP contribution in [0, 0.1) is 0 Å². The lowest BCUT2D eigenvalue weighted by atomic mass is 9.87. The Hall–Kier alpha value is -2.70. The van der Waals surface area contributed by atoms with Gasteiger partial charge in [0.05, 0.1) is 13.5 Å². The van der Waals surface area contributed by atoms with Crippen molar-refractivity contribution in [1.29, 1.82) is 0 Å². The van der Waals surface area contributed by atoms with E-state index in [0.717, 1.165) is 19.2 Å². The van der Waals surface area contributed by atoms with Crippen LogP contribution in [0.3, 0.4) is 0 Å². The van der Waals surface area contributed by atoms with Crippen molar-refractivity contribution >= 4 is 6.47 Å². The number of halogens is 17. The monoisotopic (exact) mass is 598 g/mol. The number of methoxy groups -OCH3 is 1. The molecule has 0 spiro atoms. The predicted octanol–water partition coefficient (Wildman–Crippen LogP) is 7.31. The van der Waals surface area contributed by atoms with E-state index in [0.29, 0.717) is 12.1 Å². The standard InChI is InChI=1S/C18H11F17O3/c1-37-9-4-2-8(3-5-9)10(38-7-36)6-11(19,20)12(21,22)13(23,24)14(25,26)15(27,28)16(29,30)17(31,32)18(33,34)35/h2-5,7,10H,6H2,1H3. The lowest BCUT2D eigenvalue weighted by molar-refractivity contribution is -0.462. The van der Waals surface area contributed by atoms with E-state index in [-0.39, 0.29) is 5.75 Å². The van der Waals surface area contributed by atoms with Crippen molar-refractivity contribution in [2.45, 2.75) is 60.2 Å². The molecule has 0 aromatic heterocycles. The molecule has 0 amide bonds. The van der Waals surface area contributed by atoms with E-state index >= 15 is 0 Å². The van der Waals surface area contributed by atoms with Gasteiger partial charge < -0.3 is 9.47 Å². The zero-order chi connectivity index (χ0) is 30.4. The third-order valence-electron chi connectivity index (χ3n) is 4.94. The Morgan fingerprint density at radius 1 is 0.632 bits per heavy atom. The first-order chi connectivity index (χ1) is 16.7. The van der Waals surface area contributed by atoms with Crippen molar-refractivity contribution in [3.63, 3.8) is 0 Å². The van der Waals surface area contributed by atoms with E-state index in [9.17, 15) is 79.4 Å². The summed E-state index contributed by atoms with van der Waals surface area (Å²) in [4.78, 5) is 10.5. The maximum atomic E-state index is 14.2. The number of carbonyl (C=O) groups excluding carboxylic acids is 1. The molecule has 1 unspecified atom stereocenters. The molecule has 3 nitrogen and oxygen atoms in total. The van der Waals surface area contributed by atoms with Crippen LogP contribution in [-0.2, 0) is 9.53 Å². The predicted molar refractivity (Wildman–Crippen MR) is 88.2 cm³/mol. The maximum Gasteiger partial charge on any atom is 0.460 e. The molecule has 0 heterocycles. The van der Waals surface area contributed by atoms with Gasteiger partial charge in [0.1, 0.15) is 11.9 Å². The minimum Gasteiger partial charge on any atom is -0.497 e. The number of alkyl halides is 17. The number of rotatable bonds is 12. The summed E-state index contributed by atoms with van der Waals surface area (Å²) >= 11 is 0. The second kappa shape index (κ2) is 9.80. The molecule has 0 aliphatic carbocycles. The molecular formula is C18H11F17O3. The van der Waals surface area contributed by atoms with Gasteiger partial charge in [-0.1, -0.05) is 12.1 Å². The summed E-state index contributed by atoms with van der Waals surface area (Å²) in [5.74, 6) is -57.2. The third-order valence-corrected chi connectivity index (χ3v) is 4.94. The van der Waals surface area contributed by atoms with Crippen molar-refractivity contribution in [3.8, 4) is 5.75 Å². The van der Waals surface area contributed by atoms with Gasteiger partial charge in [0.2, 0.25) is 0 Å². The molecule has 20 heteroatoms. The molecule has 0 fully saturated rings. The van der Waals surface area contributed by atoms with Crippen LogP contribution in [0.1, 0.15) is 18.1 Å². The van der Waals surface area contributed by atoms with Crippen LogP contribution in [0.4, 0.5) is 74.6 Å². The van der Waals surface area contributed by atoms with Crippen molar-refractivity contribution in [2.75, 3.05) is 7.11 Å². The molecule has 0 saturated carbocycles. The first-order valence-electron chi connectivity index (χ1n) is 9.15. The van der Waals surface area contributed by atoms with Crippen LogP contribution in [0.2, 0.25) is 0 Å². The number of benzene rings is 1. The zero-order valence-corrected chi connectivity index (χ0v) is 17.8. The van der Waals surface area contributed by atoms with Crippen molar-refractivity contribution < 1.29 is 88.9 Å². The fraction of sp³-hybridized carbons (Fsp3) is 0.611. The zero-order valence-electron chi connectivity index (χ0n) is 17.8. The van der Waals surface area contributed by atoms with Crippen molar-refractivity contribution in [3.05, 3.63) is 29.8 Å². The molecule has 1 rings (SSSR count). The van der Waals surface area contributed by atoms with E-state index in [1.165, 1.54) is 0 Å². The highest BCUT2D eigenvalue weighted by Crippen LogP contribution is 2.64. The second-order valence-corrected chi connectivity index (χ2v) is 7.35. The number of carbonyl (C=O) groups is 1. The highest BCUT2D eigenvalue weighted by Gasteiger charge is 2.95. The van der Waals surface area contributed by atoms with Crippen LogP contribution in [0.15, 0.2) is 24.3 Å². The summed E-state index contributed by atoms with van der Waals surface area (Å²) < 4.78 is 236. The van der Waals surface area contributed by atoms with Crippen LogP contribution in [0.25, 0.3) is 0 Å². The highest BCUT2D eigenvalue weighted by atomic mass is 19.4. The van der Waals surface area contributed by atoms with Gasteiger partial charge in [-0.05, 0) is 17.7 Å². The SMILES string of the molecule is COc1ccc(C(CC(F)(F)C(F)(F)C(F)(F)C(F)(F)C(F)(F)C(F)(F)C(F)(F)C(F)(F)F)OC=O)cc1. The van der Waals surface area contributed by atoms with Gasteiger partial charge >= 0.3 is 47.6 Å². The number of hydrogen-bond donors (Lipinski definition) is 0. The molecule has 1 aromatic rings. The summed E-state index contributed by atoms with van der Waals surface area (Å²) in [6.07, 6.45) is -13.5. The lowest BCUT2D eigenvalue weighted by Gasteiger charge is -2.43. The fourth-order valence-electron chi connectivity index (χ4n) is 2.69. The summed E-state index contributed by atoms with van der Waals surface area (Å²) in [5, 5.41) is 0. The smallest absolute Gasteiger partial charge is 0.460 e. The average Bonchev–Trinajstić information content (AvgIpc) is 2.77. The molecule has 220 valence electrons. The normalized spacial score (nSPS) is 15.7. The Morgan fingerprint density at radius 3 is 1.34 bits per heavy atom. The Bertz CT molecular complexity index is 969. The van der Waals surface area contributed by atoms with Gasteiger partial charge in [0.25, 0.3) is 6.47 Å². The largest absolute Gasteiger partial charge is 0.497 e. The van der Waals surface area contributed by atoms with E-state index in [2.05, 4.69) is 9.47 Å². The molecule has 1 atom stereocenters. The topological polar surface area (TPSA) is 35.5 Å². The molecule has 0 radical (unpaired) electrons. The summed E-state index contributed by atoms with van der Waals surface area (Å²) in [5.41, 5.74) is -0.745. The van der Waals surface area contributed by atoms with Crippen molar-refractivity contribution in [2.24, 2.45) is 0 Å². The van der Waals surface area contributed by atoms with Gasteiger partial charge in [-0.3, -0.25) is 4.79 Å². The fourth-order valence-corrected chi connectivity index (χ4v) is 2.69. The molecular weight excluding hydrogens is 587 g/mol. The number of hydrogen-bond acceptors (Lipinski definition) is 3.